The summed E-state index contributed by atoms with van der Waals surface area (Å²) in [5.74, 6) is 9.59. The molecule has 1 rings (SSSR count). The first-order chi connectivity index (χ1) is 19.6. The lowest BCUT2D eigenvalue weighted by molar-refractivity contribution is 0.0842. The van der Waals surface area contributed by atoms with E-state index in [1.807, 2.05) is 13.8 Å². The molecule has 0 amide bonds. The van der Waals surface area contributed by atoms with Crippen molar-refractivity contribution in [1.29, 1.82) is 0 Å². The van der Waals surface area contributed by atoms with Crippen LogP contribution in [0.2, 0.25) is 0 Å². The van der Waals surface area contributed by atoms with Crippen molar-refractivity contribution in [3.63, 3.8) is 0 Å². The second-order valence-electron chi connectivity index (χ2n) is 14.9. The van der Waals surface area contributed by atoms with Crippen molar-refractivity contribution in [3.8, 4) is 0 Å². The van der Waals surface area contributed by atoms with Crippen LogP contribution in [0.4, 0.5) is 0 Å². The molecule has 0 heteroatoms. The monoisotopic (exact) mass is 579 g/mol. The third-order valence-corrected chi connectivity index (χ3v) is 11.4. The Morgan fingerprint density at radius 3 is 1.71 bits per heavy atom. The zero-order valence-corrected chi connectivity index (χ0v) is 31.8. The standard InChI is InChI=1S/C25H52.C14H28.C2H6/c1-9-13-21(6)19-25(20(4)5)16-12-15-24(11-3)18-17-23(8)22(7)14-10-2;1-5-8-14-11(4)9-10-12(6-2)13(14)7-3;1-2/h20-25H,9-19H2,1-8H3;11-14H,5-10H2,1-4H3;1-2H3. The molecule has 0 aliphatic heterocycles. The van der Waals surface area contributed by atoms with Gasteiger partial charge in [0, 0.05) is 0 Å². The van der Waals surface area contributed by atoms with Crippen LogP contribution in [0, 0.1) is 59.2 Å². The maximum atomic E-state index is 2.48. The molecular weight excluding hydrogens is 492 g/mol. The van der Waals surface area contributed by atoms with Crippen molar-refractivity contribution in [3.05, 3.63) is 0 Å². The van der Waals surface area contributed by atoms with E-state index in [1.165, 1.54) is 109 Å². The van der Waals surface area contributed by atoms with Crippen molar-refractivity contribution >= 4 is 0 Å². The minimum atomic E-state index is 0.856. The molecule has 0 heterocycles. The first-order valence-corrected chi connectivity index (χ1v) is 19.6. The van der Waals surface area contributed by atoms with Crippen LogP contribution in [0.25, 0.3) is 0 Å². The third kappa shape index (κ3) is 19.1. The average Bonchev–Trinajstić information content (AvgIpc) is 2.96. The molecule has 0 N–H and O–H groups in total. The van der Waals surface area contributed by atoms with E-state index in [1.54, 1.807) is 0 Å². The first-order valence-electron chi connectivity index (χ1n) is 19.6. The highest BCUT2D eigenvalue weighted by Crippen LogP contribution is 2.44. The van der Waals surface area contributed by atoms with Gasteiger partial charge in [-0.05, 0) is 72.0 Å². The molecule has 0 saturated heterocycles. The van der Waals surface area contributed by atoms with Crippen molar-refractivity contribution in [1.82, 2.24) is 0 Å². The van der Waals surface area contributed by atoms with Crippen LogP contribution in [0.1, 0.15) is 206 Å². The van der Waals surface area contributed by atoms with Crippen molar-refractivity contribution < 1.29 is 0 Å². The Morgan fingerprint density at radius 2 is 1.22 bits per heavy atom. The van der Waals surface area contributed by atoms with Gasteiger partial charge in [-0.1, -0.05) is 193 Å². The summed E-state index contributed by atoms with van der Waals surface area (Å²) in [6.45, 7) is 33.0. The van der Waals surface area contributed by atoms with Crippen molar-refractivity contribution in [2.24, 2.45) is 59.2 Å². The van der Waals surface area contributed by atoms with E-state index < -0.39 is 0 Å². The van der Waals surface area contributed by atoms with Crippen molar-refractivity contribution in [2.75, 3.05) is 0 Å². The van der Waals surface area contributed by atoms with Gasteiger partial charge in [0.1, 0.15) is 0 Å². The van der Waals surface area contributed by atoms with Gasteiger partial charge in [-0.15, -0.1) is 0 Å². The van der Waals surface area contributed by atoms with E-state index in [-0.39, 0.29) is 0 Å². The van der Waals surface area contributed by atoms with Gasteiger partial charge in [0.2, 0.25) is 0 Å². The highest BCUT2D eigenvalue weighted by atomic mass is 14.4. The van der Waals surface area contributed by atoms with E-state index >= 15 is 0 Å². The molecule has 1 saturated carbocycles. The van der Waals surface area contributed by atoms with Crippen LogP contribution in [-0.4, -0.2) is 0 Å². The van der Waals surface area contributed by atoms with Gasteiger partial charge in [-0.25, -0.2) is 0 Å². The first kappa shape index (κ1) is 43.1. The van der Waals surface area contributed by atoms with Gasteiger partial charge < -0.3 is 0 Å². The lowest BCUT2D eigenvalue weighted by Gasteiger charge is -2.42. The molecule has 1 aliphatic rings. The fourth-order valence-electron chi connectivity index (χ4n) is 8.25. The van der Waals surface area contributed by atoms with Gasteiger partial charge >= 0.3 is 0 Å². The summed E-state index contributed by atoms with van der Waals surface area (Å²) in [6.07, 6.45) is 24.3. The molecule has 0 bridgehead atoms. The Balaban J connectivity index is 0. The predicted octanol–water partition coefficient (Wildman–Crippen LogP) is 15.0. The van der Waals surface area contributed by atoms with Gasteiger partial charge in [-0.2, -0.15) is 0 Å². The van der Waals surface area contributed by atoms with Crippen LogP contribution in [0.5, 0.6) is 0 Å². The predicted molar refractivity (Wildman–Crippen MR) is 193 cm³/mol. The Labute approximate surface area is 264 Å². The smallest absolute Gasteiger partial charge is 0.0358 e. The summed E-state index contributed by atoms with van der Waals surface area (Å²) < 4.78 is 0. The minimum absolute atomic E-state index is 0.856. The summed E-state index contributed by atoms with van der Waals surface area (Å²) in [7, 11) is 0. The third-order valence-electron chi connectivity index (χ3n) is 11.4. The molecule has 250 valence electrons. The van der Waals surface area contributed by atoms with Crippen LogP contribution in [-0.2, 0) is 0 Å². The molecule has 0 spiro atoms. The highest BCUT2D eigenvalue weighted by Gasteiger charge is 2.34. The largest absolute Gasteiger partial charge is 0.0683 e. The molecule has 0 nitrogen and oxygen atoms in total. The lowest BCUT2D eigenvalue weighted by atomic mass is 9.64. The summed E-state index contributed by atoms with van der Waals surface area (Å²) in [6, 6.07) is 0. The fraction of sp³-hybridized carbons (Fsp3) is 1.00. The van der Waals surface area contributed by atoms with E-state index in [2.05, 4.69) is 83.1 Å². The second-order valence-corrected chi connectivity index (χ2v) is 14.9. The molecule has 9 atom stereocenters. The van der Waals surface area contributed by atoms with Gasteiger partial charge in [-0.3, -0.25) is 0 Å². The second kappa shape index (κ2) is 27.5. The SMILES string of the molecule is CC.CCCC(C)CC(CCCC(CC)CCC(C)C(C)CCC)C(C)C.CCCC1C(C)CCC(CC)C1CC. The molecule has 9 unspecified atom stereocenters. The van der Waals surface area contributed by atoms with Gasteiger partial charge in [0.05, 0.1) is 0 Å². The summed E-state index contributed by atoms with van der Waals surface area (Å²) in [5, 5.41) is 0. The number of rotatable bonds is 20. The normalized spacial score (nSPS) is 24.4. The Bertz CT molecular complexity index is 520. The summed E-state index contributed by atoms with van der Waals surface area (Å²) in [4.78, 5) is 0. The minimum Gasteiger partial charge on any atom is -0.0683 e. The lowest BCUT2D eigenvalue weighted by Crippen LogP contribution is -2.33. The molecule has 0 aromatic heterocycles. The van der Waals surface area contributed by atoms with Crippen LogP contribution in [0.3, 0.4) is 0 Å². The number of hydrogen-bond acceptors (Lipinski definition) is 0. The quantitative estimate of drug-likeness (QED) is 0.135. The average molecular weight is 579 g/mol. The van der Waals surface area contributed by atoms with E-state index in [0.29, 0.717) is 0 Å². The maximum Gasteiger partial charge on any atom is -0.0358 e. The molecule has 0 aromatic carbocycles. The number of hydrogen-bond donors (Lipinski definition) is 0. The molecular formula is C41H86. The van der Waals surface area contributed by atoms with E-state index in [0.717, 1.165) is 59.2 Å². The summed E-state index contributed by atoms with van der Waals surface area (Å²) in [5.41, 5.74) is 0. The van der Waals surface area contributed by atoms with E-state index in [4.69, 9.17) is 0 Å². The molecule has 41 heavy (non-hydrogen) atoms. The van der Waals surface area contributed by atoms with Crippen LogP contribution < -0.4 is 0 Å². The molecule has 1 fully saturated rings. The fourth-order valence-corrected chi connectivity index (χ4v) is 8.25. The van der Waals surface area contributed by atoms with Crippen LogP contribution in [0.15, 0.2) is 0 Å². The molecule has 0 aromatic rings. The Hall–Kier alpha value is 0. The topological polar surface area (TPSA) is 0 Å². The summed E-state index contributed by atoms with van der Waals surface area (Å²) >= 11 is 0. The highest BCUT2D eigenvalue weighted by molar-refractivity contribution is 4.84. The van der Waals surface area contributed by atoms with Gasteiger partial charge in [0.15, 0.2) is 0 Å². The zero-order valence-electron chi connectivity index (χ0n) is 31.8. The maximum absolute atomic E-state index is 2.48. The Morgan fingerprint density at radius 1 is 0.610 bits per heavy atom. The molecule has 0 radical (unpaired) electrons. The van der Waals surface area contributed by atoms with Gasteiger partial charge in [0.25, 0.3) is 0 Å². The zero-order chi connectivity index (χ0) is 31.8. The van der Waals surface area contributed by atoms with E-state index in [9.17, 15) is 0 Å². The molecule has 1 aliphatic carbocycles. The van der Waals surface area contributed by atoms with Crippen molar-refractivity contribution in [2.45, 2.75) is 206 Å². The van der Waals surface area contributed by atoms with Crippen LogP contribution >= 0.6 is 0 Å². The Kier molecular flexibility index (Phi) is 29.0.